The maximum absolute atomic E-state index is 13.3. The van der Waals surface area contributed by atoms with Crippen LogP contribution in [0.25, 0.3) is 0 Å². The molecule has 1 aromatic heterocycles. The molecule has 0 fully saturated rings. The Kier molecular flexibility index (Phi) is 9.36. The van der Waals surface area contributed by atoms with Crippen molar-refractivity contribution in [2.24, 2.45) is 0 Å². The summed E-state index contributed by atoms with van der Waals surface area (Å²) in [6.45, 7) is -1.71. The third-order valence-corrected chi connectivity index (χ3v) is 7.27. The van der Waals surface area contributed by atoms with Crippen molar-refractivity contribution in [1.82, 2.24) is 9.13 Å². The Labute approximate surface area is 243 Å². The first-order chi connectivity index (χ1) is 20.2. The summed E-state index contributed by atoms with van der Waals surface area (Å²) in [5.41, 5.74) is 4.73. The van der Waals surface area contributed by atoms with E-state index in [2.05, 4.69) is 10.8 Å². The van der Waals surface area contributed by atoms with Crippen LogP contribution in [0.15, 0.2) is 98.2 Å². The van der Waals surface area contributed by atoms with Crippen LogP contribution in [0.2, 0.25) is 0 Å². The summed E-state index contributed by atoms with van der Waals surface area (Å²) in [5, 5.41) is 9.40. The van der Waals surface area contributed by atoms with E-state index in [1.807, 2.05) is 0 Å². The molecule has 0 amide bonds. The normalized spacial score (nSPS) is 10.5. The molecule has 2 N–H and O–H groups in total. The van der Waals surface area contributed by atoms with Gasteiger partial charge in [0.25, 0.3) is 5.56 Å². The minimum atomic E-state index is -1.11. The maximum atomic E-state index is 13.3. The minimum absolute atomic E-state index is 0.0954. The number of nitriles is 1. The third-order valence-electron chi connectivity index (χ3n) is 6.11. The third kappa shape index (κ3) is 6.48. The Morgan fingerprint density at radius 2 is 1.55 bits per heavy atom. The van der Waals surface area contributed by atoms with Crippen molar-refractivity contribution in [2.45, 2.75) is 22.9 Å². The number of hydrogen-bond acceptors (Lipinski definition) is 10. The second kappa shape index (κ2) is 13.3. The van der Waals surface area contributed by atoms with E-state index in [0.717, 1.165) is 11.7 Å². The van der Waals surface area contributed by atoms with Crippen molar-refractivity contribution >= 4 is 35.3 Å². The highest BCUT2D eigenvalue weighted by molar-refractivity contribution is 7.99. The number of Topliss-reactive ketones (excluding diaryl/α,β-unsaturated/α-hetero) is 1. The highest BCUT2D eigenvalue weighted by atomic mass is 32.2. The predicted octanol–water partition coefficient (Wildman–Crippen LogP) is 2.88. The Morgan fingerprint density at radius 3 is 2.24 bits per heavy atom. The van der Waals surface area contributed by atoms with E-state index < -0.39 is 53.5 Å². The molecule has 212 valence electrons. The summed E-state index contributed by atoms with van der Waals surface area (Å²) in [5.74, 6) is -3.14. The van der Waals surface area contributed by atoms with Gasteiger partial charge in [-0.1, -0.05) is 66.4 Å². The number of anilines is 1. The molecule has 0 atom stereocenters. The lowest BCUT2D eigenvalue weighted by atomic mass is 10.1. The number of nitrogens with zero attached hydrogens (tertiary/aromatic N) is 3. The summed E-state index contributed by atoms with van der Waals surface area (Å²) in [7, 11) is 1.09. The Morgan fingerprint density at radius 1 is 0.905 bits per heavy atom. The first-order valence-corrected chi connectivity index (χ1v) is 13.3. The molecule has 0 aliphatic rings. The fourth-order valence-corrected chi connectivity index (χ4v) is 5.02. The van der Waals surface area contributed by atoms with Crippen molar-refractivity contribution < 1.29 is 23.9 Å². The molecule has 11 nitrogen and oxygen atoms in total. The van der Waals surface area contributed by atoms with Gasteiger partial charge in [-0.05, 0) is 29.8 Å². The van der Waals surface area contributed by atoms with E-state index >= 15 is 0 Å². The molecule has 0 aliphatic heterocycles. The molecule has 0 spiro atoms. The van der Waals surface area contributed by atoms with Gasteiger partial charge in [-0.3, -0.25) is 19.0 Å². The van der Waals surface area contributed by atoms with Crippen molar-refractivity contribution in [3.05, 3.63) is 122 Å². The number of esters is 2. The quantitative estimate of drug-likeness (QED) is 0.217. The van der Waals surface area contributed by atoms with Gasteiger partial charge in [0.1, 0.15) is 24.0 Å². The number of methoxy groups -OCH3 is 1. The molecular weight excluding hydrogens is 560 g/mol. The zero-order chi connectivity index (χ0) is 30.2. The number of ether oxygens (including phenoxy) is 2. The number of hydrogen-bond donors (Lipinski definition) is 1. The molecule has 0 radical (unpaired) electrons. The summed E-state index contributed by atoms with van der Waals surface area (Å²) >= 11 is 1.18. The zero-order valence-electron chi connectivity index (χ0n) is 22.3. The van der Waals surface area contributed by atoms with Crippen LogP contribution >= 0.6 is 11.8 Å². The fraction of sp³-hybridized carbons (Fsp3) is 0.133. The Hall–Kier alpha value is -5.41. The fourth-order valence-electron chi connectivity index (χ4n) is 4.00. The van der Waals surface area contributed by atoms with Crippen LogP contribution in [0.5, 0.6) is 0 Å². The highest BCUT2D eigenvalue weighted by Crippen LogP contribution is 2.32. The van der Waals surface area contributed by atoms with Crippen LogP contribution in [0, 0.1) is 11.3 Å². The van der Waals surface area contributed by atoms with Gasteiger partial charge in [-0.25, -0.2) is 14.2 Å². The minimum Gasteiger partial charge on any atom is -0.468 e. The number of ketones is 1. The first-order valence-electron chi connectivity index (χ1n) is 12.4. The molecule has 4 aromatic rings. The van der Waals surface area contributed by atoms with Crippen molar-refractivity contribution in [2.75, 3.05) is 19.5 Å². The van der Waals surface area contributed by atoms with Crippen LogP contribution in [0.1, 0.15) is 31.8 Å². The lowest BCUT2D eigenvalue weighted by molar-refractivity contribution is -0.141. The van der Waals surface area contributed by atoms with Gasteiger partial charge in [0.15, 0.2) is 6.61 Å². The van der Waals surface area contributed by atoms with Crippen molar-refractivity contribution in [1.29, 1.82) is 5.26 Å². The van der Waals surface area contributed by atoms with Gasteiger partial charge in [-0.2, -0.15) is 5.26 Å². The largest absolute Gasteiger partial charge is 0.468 e. The van der Waals surface area contributed by atoms with E-state index in [1.54, 1.807) is 72.8 Å². The number of rotatable bonds is 10. The molecular formula is C30H24N4O7S. The number of carbonyl (C=O) groups is 3. The standard InChI is InChI=1S/C30H24N4O7S/c1-40-25(36)17-34-28(37)26(27(32)33(30(34)39)16-19-9-3-2-4-10-19)22(35)18-41-29(38)21-12-6-8-14-24(21)42-23-13-7-5-11-20(23)15-31/h2-14H,16-18,32H2,1H3. The van der Waals surface area contributed by atoms with Crippen molar-refractivity contribution in [3.8, 4) is 6.07 Å². The Balaban J connectivity index is 1.64. The second-order valence-electron chi connectivity index (χ2n) is 8.79. The molecule has 12 heteroatoms. The van der Waals surface area contributed by atoms with E-state index in [9.17, 15) is 29.2 Å². The second-order valence-corrected chi connectivity index (χ2v) is 9.87. The van der Waals surface area contributed by atoms with Crippen LogP contribution in [0.3, 0.4) is 0 Å². The van der Waals surface area contributed by atoms with Gasteiger partial charge < -0.3 is 15.2 Å². The molecule has 1 heterocycles. The number of nitrogens with two attached hydrogens (primary N) is 1. The average molecular weight is 585 g/mol. The molecule has 0 bridgehead atoms. The van der Waals surface area contributed by atoms with Crippen LogP contribution < -0.4 is 17.0 Å². The van der Waals surface area contributed by atoms with E-state index in [0.29, 0.717) is 25.5 Å². The first kappa shape index (κ1) is 29.6. The van der Waals surface area contributed by atoms with Crippen LogP contribution in [-0.4, -0.2) is 40.6 Å². The topological polar surface area (TPSA) is 163 Å². The predicted molar refractivity (Wildman–Crippen MR) is 153 cm³/mol. The summed E-state index contributed by atoms with van der Waals surface area (Å²) in [6.07, 6.45) is 0. The molecule has 0 unspecified atom stereocenters. The Bertz CT molecular complexity index is 1820. The SMILES string of the molecule is COC(=O)Cn1c(=O)c(C(=O)COC(=O)c2ccccc2Sc2ccccc2C#N)c(N)n(Cc2ccccc2)c1=O. The number of nitrogen functional groups attached to an aromatic ring is 1. The molecule has 3 aromatic carbocycles. The van der Waals surface area contributed by atoms with E-state index in [1.165, 1.54) is 17.8 Å². The smallest absolute Gasteiger partial charge is 0.339 e. The monoisotopic (exact) mass is 584 g/mol. The number of aromatic nitrogens is 2. The van der Waals surface area contributed by atoms with Gasteiger partial charge >= 0.3 is 17.6 Å². The van der Waals surface area contributed by atoms with Crippen LogP contribution in [0.4, 0.5) is 5.82 Å². The molecule has 0 aliphatic carbocycles. The van der Waals surface area contributed by atoms with Gasteiger partial charge in [0.05, 0.1) is 24.8 Å². The van der Waals surface area contributed by atoms with E-state index in [4.69, 9.17) is 10.5 Å². The summed E-state index contributed by atoms with van der Waals surface area (Å²) < 4.78 is 11.4. The summed E-state index contributed by atoms with van der Waals surface area (Å²) in [6, 6.07) is 24.1. The van der Waals surface area contributed by atoms with E-state index in [-0.39, 0.29) is 12.1 Å². The van der Waals surface area contributed by atoms with Crippen molar-refractivity contribution in [3.63, 3.8) is 0 Å². The molecule has 0 saturated heterocycles. The average Bonchev–Trinajstić information content (AvgIpc) is 3.01. The highest BCUT2D eigenvalue weighted by Gasteiger charge is 2.26. The number of benzene rings is 3. The summed E-state index contributed by atoms with van der Waals surface area (Å²) in [4.78, 5) is 65.7. The lowest BCUT2D eigenvalue weighted by Gasteiger charge is -2.16. The van der Waals surface area contributed by atoms with Gasteiger partial charge in [0, 0.05) is 9.79 Å². The molecule has 42 heavy (non-hydrogen) atoms. The van der Waals surface area contributed by atoms with Gasteiger partial charge in [-0.15, -0.1) is 0 Å². The van der Waals surface area contributed by atoms with Crippen LogP contribution in [-0.2, 0) is 27.4 Å². The molecule has 0 saturated carbocycles. The maximum Gasteiger partial charge on any atom is 0.339 e. The lowest BCUT2D eigenvalue weighted by Crippen LogP contribution is -2.46. The zero-order valence-corrected chi connectivity index (χ0v) is 23.1. The molecule has 4 rings (SSSR count). The van der Waals surface area contributed by atoms with Gasteiger partial charge in [0.2, 0.25) is 5.78 Å². The number of carbonyl (C=O) groups excluding carboxylic acids is 3.